The number of anilines is 2. The number of allylic oxidation sites excluding steroid dienone is 1. The first-order chi connectivity index (χ1) is 34.2. The van der Waals surface area contributed by atoms with Crippen LogP contribution in [0.1, 0.15) is 115 Å². The summed E-state index contributed by atoms with van der Waals surface area (Å²) in [4.78, 5) is 41.5. The van der Waals surface area contributed by atoms with E-state index in [1.54, 1.807) is 24.2 Å². The van der Waals surface area contributed by atoms with Crippen LogP contribution < -0.4 is 10.6 Å². The van der Waals surface area contributed by atoms with E-state index >= 15 is 0 Å². The van der Waals surface area contributed by atoms with Crippen molar-refractivity contribution < 1.29 is 40.7 Å². The average Bonchev–Trinajstić information content (AvgIpc) is 3.90. The van der Waals surface area contributed by atoms with Gasteiger partial charge in [-0.25, -0.2) is 4.98 Å². The molecule has 1 saturated carbocycles. The van der Waals surface area contributed by atoms with Crippen LogP contribution in [0.2, 0.25) is 0 Å². The second kappa shape index (κ2) is 23.2. The molecule has 5 aromatic rings. The number of hydrogen-bond acceptors (Lipinski definition) is 8. The molecule has 0 spiro atoms. The molecule has 0 bridgehead atoms. The van der Waals surface area contributed by atoms with Gasteiger partial charge in [0.05, 0.1) is 11.1 Å². The molecule has 3 aromatic carbocycles. The van der Waals surface area contributed by atoms with E-state index < -0.39 is 35.2 Å². The largest absolute Gasteiger partial charge is 0.416 e. The van der Waals surface area contributed by atoms with Crippen LogP contribution in [0.4, 0.5) is 38.0 Å². The Labute approximate surface area is 411 Å². The number of piperazine rings is 1. The van der Waals surface area contributed by atoms with E-state index in [1.165, 1.54) is 11.1 Å². The van der Waals surface area contributed by atoms with Crippen molar-refractivity contribution in [1.82, 2.24) is 34.6 Å². The highest BCUT2D eigenvalue weighted by atomic mass is 19.4. The topological polar surface area (TPSA) is 108 Å². The van der Waals surface area contributed by atoms with E-state index in [9.17, 15) is 35.9 Å². The summed E-state index contributed by atoms with van der Waals surface area (Å²) in [5.41, 5.74) is 3.24. The van der Waals surface area contributed by atoms with Gasteiger partial charge in [-0.1, -0.05) is 61.7 Å². The fourth-order valence-corrected chi connectivity index (χ4v) is 10.2. The lowest BCUT2D eigenvalue weighted by Crippen LogP contribution is -2.46. The number of alkyl halides is 6. The summed E-state index contributed by atoms with van der Waals surface area (Å²) in [5, 5.41) is 6.08. The zero-order valence-corrected chi connectivity index (χ0v) is 40.4. The van der Waals surface area contributed by atoms with Crippen molar-refractivity contribution in [1.29, 1.82) is 0 Å². The molecule has 17 heteroatoms. The molecule has 11 nitrogen and oxygen atoms in total. The molecule has 380 valence electrons. The number of amides is 2. The number of halogens is 6. The number of aromatic nitrogens is 3. The Hall–Kier alpha value is -5.78. The zero-order chi connectivity index (χ0) is 50.1. The maximum atomic E-state index is 13.6. The van der Waals surface area contributed by atoms with Gasteiger partial charge in [-0.05, 0) is 111 Å². The molecule has 4 heterocycles. The maximum Gasteiger partial charge on any atom is 0.416 e. The first-order valence-electron chi connectivity index (χ1n) is 25.0. The van der Waals surface area contributed by atoms with Crippen molar-refractivity contribution in [2.75, 3.05) is 58.3 Å². The Morgan fingerprint density at radius 1 is 0.845 bits per heavy atom. The van der Waals surface area contributed by atoms with E-state index in [4.69, 9.17) is 9.72 Å². The van der Waals surface area contributed by atoms with Gasteiger partial charge in [0.25, 0.3) is 5.91 Å². The number of carbonyl (C=O) groups is 2. The van der Waals surface area contributed by atoms with Crippen LogP contribution in [0, 0.1) is 0 Å². The Morgan fingerprint density at radius 3 is 2.23 bits per heavy atom. The number of ether oxygens (including phenoxy) is 1. The van der Waals surface area contributed by atoms with Gasteiger partial charge in [0, 0.05) is 100 Å². The molecular formula is C54H64F6N8O3. The molecule has 2 fully saturated rings. The predicted octanol–water partition coefficient (Wildman–Crippen LogP) is 11.4. The predicted molar refractivity (Wildman–Crippen MR) is 263 cm³/mol. The number of aryl methyl sites for hydroxylation is 1. The third-order valence-electron chi connectivity index (χ3n) is 14.1. The van der Waals surface area contributed by atoms with Crippen molar-refractivity contribution in [3.8, 4) is 11.1 Å². The highest BCUT2D eigenvalue weighted by molar-refractivity contribution is 6.01. The highest BCUT2D eigenvalue weighted by Crippen LogP contribution is 2.40. The van der Waals surface area contributed by atoms with Gasteiger partial charge in [0.15, 0.2) is 0 Å². The molecule has 1 aliphatic carbocycles. The number of fused-ring (bicyclic) bond motifs is 2. The Bertz CT molecular complexity index is 2590. The molecule has 71 heavy (non-hydrogen) atoms. The number of nitrogens with one attached hydrogen (secondary N) is 2. The van der Waals surface area contributed by atoms with Crippen molar-refractivity contribution in [2.45, 2.75) is 115 Å². The monoisotopic (exact) mass is 987 g/mol. The first-order valence-corrected chi connectivity index (χ1v) is 25.0. The fourth-order valence-electron chi connectivity index (χ4n) is 10.2. The number of carbonyl (C=O) groups excluding carboxylic acids is 2. The second-order valence-corrected chi connectivity index (χ2v) is 19.1. The SMILES string of the molecule is C=CCCC(C(=O)NC)N1Cc2cc(CCCOCCCCCN3CCN(Cc4ccc(-c5cn(C6CCCCC6)c6nc(Nc7cc(C(F)(F)F)cc(C(F)(F)F)c7)ncc56)cc4)CC3)ccc2C1=O. The van der Waals surface area contributed by atoms with Crippen LogP contribution in [0.15, 0.2) is 85.7 Å². The molecule has 1 atom stereocenters. The number of likely N-dealkylation sites (N-methyl/N-ethyl adjacent to an activating group) is 1. The lowest BCUT2D eigenvalue weighted by atomic mass is 9.95. The van der Waals surface area contributed by atoms with Crippen molar-refractivity contribution in [2.24, 2.45) is 0 Å². The molecular weight excluding hydrogens is 923 g/mol. The summed E-state index contributed by atoms with van der Waals surface area (Å²) in [5.74, 6) is -0.340. The Kier molecular flexibility index (Phi) is 16.8. The van der Waals surface area contributed by atoms with E-state index in [1.807, 2.05) is 12.1 Å². The highest BCUT2D eigenvalue weighted by Gasteiger charge is 2.38. The number of nitrogens with zero attached hydrogens (tertiary/aromatic N) is 6. The van der Waals surface area contributed by atoms with Crippen LogP contribution >= 0.6 is 0 Å². The third-order valence-corrected chi connectivity index (χ3v) is 14.1. The van der Waals surface area contributed by atoms with Crippen LogP contribution in [-0.2, 0) is 41.4 Å². The van der Waals surface area contributed by atoms with E-state index in [2.05, 4.69) is 73.1 Å². The Morgan fingerprint density at radius 2 is 1.54 bits per heavy atom. The molecule has 1 saturated heterocycles. The standard InChI is InChI=1S/C54H64F6N8O3/c1-3-4-15-48(50(69)61-2)68-35-40-29-37(18-21-45(40)51(68)70)12-11-28-71-27-10-6-9-22-65-23-25-66(26-24-65)34-38-16-19-39(20-17-38)47-36-67(44-13-7-5-8-14-44)49-46(47)33-62-52(64-49)63-43-31-41(53(55,56)57)30-42(32-43)54(58,59)60/h3,16-21,29-33,36,44,48H,1,4-15,22-28,34-35H2,2H3,(H,61,69)(H,62,63,64). The lowest BCUT2D eigenvalue weighted by molar-refractivity contribution is -0.143. The second-order valence-electron chi connectivity index (χ2n) is 19.1. The quantitative estimate of drug-likeness (QED) is 0.0425. The van der Waals surface area contributed by atoms with Crippen LogP contribution in [-0.4, -0.2) is 100 Å². The normalized spacial score (nSPS) is 16.7. The molecule has 2 aliphatic heterocycles. The molecule has 2 aromatic heterocycles. The third kappa shape index (κ3) is 13.0. The van der Waals surface area contributed by atoms with Gasteiger partial charge >= 0.3 is 12.4 Å². The lowest BCUT2D eigenvalue weighted by Gasteiger charge is -2.34. The minimum atomic E-state index is -4.98. The number of unbranched alkanes of at least 4 members (excludes halogenated alkanes) is 2. The minimum Gasteiger partial charge on any atom is -0.381 e. The molecule has 2 N–H and O–H groups in total. The van der Waals surface area contributed by atoms with Crippen LogP contribution in [0.25, 0.3) is 22.2 Å². The van der Waals surface area contributed by atoms with Gasteiger partial charge in [0.2, 0.25) is 11.9 Å². The molecule has 1 unspecified atom stereocenters. The average molecular weight is 987 g/mol. The van der Waals surface area contributed by atoms with Crippen LogP contribution in [0.3, 0.4) is 0 Å². The van der Waals surface area contributed by atoms with Gasteiger partial charge in [-0.2, -0.15) is 31.3 Å². The van der Waals surface area contributed by atoms with Crippen molar-refractivity contribution in [3.63, 3.8) is 0 Å². The van der Waals surface area contributed by atoms with Gasteiger partial charge in [0.1, 0.15) is 11.7 Å². The number of rotatable bonds is 21. The molecule has 3 aliphatic rings. The smallest absolute Gasteiger partial charge is 0.381 e. The van der Waals surface area contributed by atoms with E-state index in [-0.39, 0.29) is 29.9 Å². The molecule has 2 amide bonds. The summed E-state index contributed by atoms with van der Waals surface area (Å²) in [7, 11) is 1.60. The van der Waals surface area contributed by atoms with Gasteiger partial charge in [-0.15, -0.1) is 6.58 Å². The maximum absolute atomic E-state index is 13.6. The first kappa shape index (κ1) is 51.6. The zero-order valence-electron chi connectivity index (χ0n) is 40.4. The van der Waals surface area contributed by atoms with E-state index in [0.717, 1.165) is 132 Å². The number of benzene rings is 3. The number of hydrogen-bond donors (Lipinski definition) is 2. The van der Waals surface area contributed by atoms with Crippen molar-refractivity contribution in [3.05, 3.63) is 119 Å². The summed E-state index contributed by atoms with van der Waals surface area (Å²) in [6, 6.07) is 15.5. The van der Waals surface area contributed by atoms with Crippen LogP contribution in [0.5, 0.6) is 0 Å². The Balaban J connectivity index is 0.766. The van der Waals surface area contributed by atoms with Gasteiger partial charge < -0.3 is 29.7 Å². The summed E-state index contributed by atoms with van der Waals surface area (Å²) >= 11 is 0. The van der Waals surface area contributed by atoms with Gasteiger partial charge in [-0.3, -0.25) is 14.5 Å². The molecule has 0 radical (unpaired) electrons. The summed E-state index contributed by atoms with van der Waals surface area (Å²) < 4.78 is 89.7. The summed E-state index contributed by atoms with van der Waals surface area (Å²) in [6.45, 7) is 11.5. The minimum absolute atomic E-state index is 0.0896. The van der Waals surface area contributed by atoms with Crippen molar-refractivity contribution >= 4 is 34.5 Å². The fraction of sp³-hybridized carbons (Fsp3) is 0.481. The summed E-state index contributed by atoms with van der Waals surface area (Å²) in [6.07, 6.45) is 6.80. The molecule has 8 rings (SSSR count). The van der Waals surface area contributed by atoms with E-state index in [0.29, 0.717) is 49.3 Å².